The van der Waals surface area contributed by atoms with Gasteiger partial charge in [-0.2, -0.15) is 0 Å². The van der Waals surface area contributed by atoms with Crippen LogP contribution in [-0.4, -0.2) is 24.0 Å². The van der Waals surface area contributed by atoms with Gasteiger partial charge >= 0.3 is 6.03 Å². The summed E-state index contributed by atoms with van der Waals surface area (Å²) in [6, 6.07) is 7.41. The average Bonchev–Trinajstić information content (AvgIpc) is 2.40. The maximum Gasteiger partial charge on any atom is 0.321 e. The van der Waals surface area contributed by atoms with Crippen molar-refractivity contribution in [2.45, 2.75) is 26.7 Å². The Morgan fingerprint density at radius 3 is 2.32 bits per heavy atom. The minimum Gasteiger partial charge on any atom is -0.325 e. The van der Waals surface area contributed by atoms with E-state index in [2.05, 4.69) is 19.2 Å². The summed E-state index contributed by atoms with van der Waals surface area (Å²) in [7, 11) is 0. The van der Waals surface area contributed by atoms with Gasteiger partial charge in [0, 0.05) is 24.3 Å². The van der Waals surface area contributed by atoms with Gasteiger partial charge in [0.15, 0.2) is 0 Å². The molecule has 1 N–H and O–H groups in total. The van der Waals surface area contributed by atoms with Crippen LogP contribution in [0.3, 0.4) is 0 Å². The number of hydrogen-bond donors (Lipinski definition) is 1. The van der Waals surface area contributed by atoms with Gasteiger partial charge in [0.05, 0.1) is 0 Å². The summed E-state index contributed by atoms with van der Waals surface area (Å²) in [6.45, 7) is 5.71. The molecule has 104 valence electrons. The highest BCUT2D eigenvalue weighted by Crippen LogP contribution is 2.10. The van der Waals surface area contributed by atoms with Gasteiger partial charge in [0.25, 0.3) is 0 Å². The van der Waals surface area contributed by atoms with Crippen LogP contribution in [0.5, 0.6) is 0 Å². The van der Waals surface area contributed by atoms with Crippen molar-refractivity contribution in [2.24, 2.45) is 0 Å². The Morgan fingerprint density at radius 1 is 1.21 bits per heavy atom. The number of halogens is 1. The van der Waals surface area contributed by atoms with Gasteiger partial charge in [-0.3, -0.25) is 0 Å². The van der Waals surface area contributed by atoms with Gasteiger partial charge < -0.3 is 10.2 Å². The number of nitrogens with zero attached hydrogens (tertiary/aromatic N) is 1. The quantitative estimate of drug-likeness (QED) is 0.834. The van der Waals surface area contributed by atoms with Gasteiger partial charge in [-0.1, -0.05) is 37.6 Å². The summed E-state index contributed by atoms with van der Waals surface area (Å²) < 4.78 is 0. The third-order valence-corrected chi connectivity index (χ3v) is 2.88. The fraction of sp³-hybridized carbons (Fsp3) is 0.400. The molecule has 1 aromatic rings. The van der Waals surface area contributed by atoms with E-state index in [0.29, 0.717) is 5.02 Å². The Labute approximate surface area is 120 Å². The van der Waals surface area contributed by atoms with E-state index in [9.17, 15) is 4.79 Å². The number of carbonyl (C=O) groups excluding carboxylic acids is 1. The number of benzene rings is 1. The Kier molecular flexibility index (Phi) is 7.04. The zero-order valence-corrected chi connectivity index (χ0v) is 12.3. The van der Waals surface area contributed by atoms with Crippen molar-refractivity contribution in [2.75, 3.05) is 13.1 Å². The monoisotopic (exact) mass is 280 g/mol. The summed E-state index contributed by atoms with van der Waals surface area (Å²) >= 11 is 5.81. The zero-order valence-electron chi connectivity index (χ0n) is 11.5. The van der Waals surface area contributed by atoms with Crippen molar-refractivity contribution >= 4 is 23.7 Å². The molecule has 0 unspecified atom stereocenters. The Morgan fingerprint density at radius 2 is 1.79 bits per heavy atom. The standard InChI is InChI=1S/C15H21ClN2O/c1-3-11-18(12-4-2)15(19)17-10-9-13-5-7-14(16)8-6-13/h5-10H,3-4,11-12H2,1-2H3,(H,17,19)/b10-9+. The first kappa shape index (κ1) is 15.6. The van der Waals surface area contributed by atoms with Gasteiger partial charge in [0.2, 0.25) is 0 Å². The maximum atomic E-state index is 11.9. The Hall–Kier alpha value is -1.48. The van der Waals surface area contributed by atoms with Gasteiger partial charge in [-0.15, -0.1) is 0 Å². The lowest BCUT2D eigenvalue weighted by molar-refractivity contribution is 0.201. The largest absolute Gasteiger partial charge is 0.325 e. The van der Waals surface area contributed by atoms with Gasteiger partial charge in [-0.25, -0.2) is 4.79 Å². The fourth-order valence-electron chi connectivity index (χ4n) is 1.73. The minimum atomic E-state index is -0.0473. The van der Waals surface area contributed by atoms with Crippen LogP contribution in [0.4, 0.5) is 4.79 Å². The molecule has 0 bridgehead atoms. The molecule has 0 fully saturated rings. The van der Waals surface area contributed by atoms with Crippen molar-refractivity contribution in [3.05, 3.63) is 41.1 Å². The van der Waals surface area contributed by atoms with E-state index in [1.165, 1.54) is 0 Å². The molecule has 1 aromatic carbocycles. The van der Waals surface area contributed by atoms with Crippen LogP contribution in [0.2, 0.25) is 5.02 Å². The molecule has 4 heteroatoms. The zero-order chi connectivity index (χ0) is 14.1. The summed E-state index contributed by atoms with van der Waals surface area (Å²) in [5.74, 6) is 0. The molecule has 1 rings (SSSR count). The highest BCUT2D eigenvalue weighted by Gasteiger charge is 2.08. The van der Waals surface area contributed by atoms with E-state index in [1.54, 1.807) is 6.20 Å². The van der Waals surface area contributed by atoms with Crippen molar-refractivity contribution in [1.29, 1.82) is 0 Å². The Balaban J connectivity index is 2.49. The van der Waals surface area contributed by atoms with E-state index >= 15 is 0 Å². The molecule has 19 heavy (non-hydrogen) atoms. The first-order valence-corrected chi connectivity index (χ1v) is 7.02. The number of amides is 2. The molecule has 0 radical (unpaired) electrons. The molecule has 0 saturated carbocycles. The SMILES string of the molecule is CCCN(CCC)C(=O)N/C=C/c1ccc(Cl)cc1. The summed E-state index contributed by atoms with van der Waals surface area (Å²) in [5.41, 5.74) is 1.00. The summed E-state index contributed by atoms with van der Waals surface area (Å²) in [4.78, 5) is 13.7. The molecule has 0 saturated heterocycles. The first-order valence-electron chi connectivity index (χ1n) is 6.65. The van der Waals surface area contributed by atoms with E-state index in [-0.39, 0.29) is 6.03 Å². The topological polar surface area (TPSA) is 32.3 Å². The number of urea groups is 1. The number of nitrogens with one attached hydrogen (secondary N) is 1. The van der Waals surface area contributed by atoms with E-state index in [1.807, 2.05) is 35.2 Å². The molecule has 0 aliphatic rings. The van der Waals surface area contributed by atoms with Crippen LogP contribution in [0.15, 0.2) is 30.5 Å². The second-order valence-corrected chi connectivity index (χ2v) is 4.76. The second kappa shape index (κ2) is 8.59. The first-order chi connectivity index (χ1) is 9.17. The van der Waals surface area contributed by atoms with Crippen molar-refractivity contribution in [3.8, 4) is 0 Å². The van der Waals surface area contributed by atoms with Crippen molar-refractivity contribution in [3.63, 3.8) is 0 Å². The smallest absolute Gasteiger partial charge is 0.321 e. The maximum absolute atomic E-state index is 11.9. The molecule has 2 amide bonds. The molecular weight excluding hydrogens is 260 g/mol. The molecule has 0 spiro atoms. The lowest BCUT2D eigenvalue weighted by atomic mass is 10.2. The fourth-order valence-corrected chi connectivity index (χ4v) is 1.86. The van der Waals surface area contributed by atoms with Crippen LogP contribution < -0.4 is 5.32 Å². The molecular formula is C15H21ClN2O. The van der Waals surface area contributed by atoms with E-state index in [4.69, 9.17) is 11.6 Å². The second-order valence-electron chi connectivity index (χ2n) is 4.32. The molecule has 3 nitrogen and oxygen atoms in total. The number of carbonyl (C=O) groups is 1. The number of rotatable bonds is 6. The predicted octanol–water partition coefficient (Wildman–Crippen LogP) is 4.14. The normalized spacial score (nSPS) is 10.7. The lowest BCUT2D eigenvalue weighted by Crippen LogP contribution is -2.38. The van der Waals surface area contributed by atoms with Gasteiger partial charge in [-0.05, 0) is 36.6 Å². The van der Waals surface area contributed by atoms with Crippen molar-refractivity contribution in [1.82, 2.24) is 10.2 Å². The summed E-state index contributed by atoms with van der Waals surface area (Å²) in [5, 5.41) is 3.50. The third kappa shape index (κ3) is 5.79. The van der Waals surface area contributed by atoms with Crippen molar-refractivity contribution < 1.29 is 4.79 Å². The highest BCUT2D eigenvalue weighted by molar-refractivity contribution is 6.30. The lowest BCUT2D eigenvalue weighted by Gasteiger charge is -2.20. The molecule has 0 aromatic heterocycles. The number of hydrogen-bond acceptors (Lipinski definition) is 1. The average molecular weight is 281 g/mol. The highest BCUT2D eigenvalue weighted by atomic mass is 35.5. The minimum absolute atomic E-state index is 0.0473. The molecule has 0 heterocycles. The Bertz CT molecular complexity index is 409. The molecule has 0 aliphatic heterocycles. The van der Waals surface area contributed by atoms with E-state index < -0.39 is 0 Å². The molecule has 0 atom stereocenters. The van der Waals surface area contributed by atoms with Crippen LogP contribution in [0.25, 0.3) is 6.08 Å². The predicted molar refractivity (Wildman–Crippen MR) is 81.2 cm³/mol. The van der Waals surface area contributed by atoms with Crippen LogP contribution >= 0.6 is 11.6 Å². The summed E-state index contributed by atoms with van der Waals surface area (Å²) in [6.07, 6.45) is 5.46. The third-order valence-electron chi connectivity index (χ3n) is 2.63. The van der Waals surface area contributed by atoms with Crippen LogP contribution in [0.1, 0.15) is 32.3 Å². The van der Waals surface area contributed by atoms with Crippen LogP contribution in [0, 0.1) is 0 Å². The molecule has 0 aliphatic carbocycles. The van der Waals surface area contributed by atoms with Crippen LogP contribution in [-0.2, 0) is 0 Å². The van der Waals surface area contributed by atoms with E-state index in [0.717, 1.165) is 31.5 Å². The van der Waals surface area contributed by atoms with Gasteiger partial charge in [0.1, 0.15) is 0 Å².